The first-order valence-electron chi connectivity index (χ1n) is 7.23. The Labute approximate surface area is 129 Å². The molecule has 0 bridgehead atoms. The van der Waals surface area contributed by atoms with Gasteiger partial charge in [-0.2, -0.15) is 0 Å². The van der Waals surface area contributed by atoms with Gasteiger partial charge in [0.15, 0.2) is 0 Å². The SMILES string of the molecule is Cc1c(N)cc(Br)cc1C(=O)N(C)C1CCCC(C)C1. The van der Waals surface area contributed by atoms with E-state index in [-0.39, 0.29) is 5.91 Å². The maximum absolute atomic E-state index is 12.7. The van der Waals surface area contributed by atoms with Crippen molar-refractivity contribution >= 4 is 27.5 Å². The van der Waals surface area contributed by atoms with E-state index in [2.05, 4.69) is 22.9 Å². The Morgan fingerprint density at radius 3 is 2.75 bits per heavy atom. The molecule has 3 nitrogen and oxygen atoms in total. The first-order valence-corrected chi connectivity index (χ1v) is 8.02. The summed E-state index contributed by atoms with van der Waals surface area (Å²) in [4.78, 5) is 14.6. The molecule has 1 saturated carbocycles. The van der Waals surface area contributed by atoms with Crippen LogP contribution in [0, 0.1) is 12.8 Å². The molecule has 2 N–H and O–H groups in total. The molecule has 4 heteroatoms. The Hall–Kier alpha value is -1.03. The van der Waals surface area contributed by atoms with Crippen LogP contribution < -0.4 is 5.73 Å². The molecular formula is C16H23BrN2O. The highest BCUT2D eigenvalue weighted by molar-refractivity contribution is 9.10. The summed E-state index contributed by atoms with van der Waals surface area (Å²) in [5, 5.41) is 0. The van der Waals surface area contributed by atoms with Crippen LogP contribution in [0.25, 0.3) is 0 Å². The number of anilines is 1. The monoisotopic (exact) mass is 338 g/mol. The minimum absolute atomic E-state index is 0.0783. The second kappa shape index (κ2) is 6.17. The zero-order chi connectivity index (χ0) is 14.9. The first-order chi connectivity index (χ1) is 9.40. The van der Waals surface area contributed by atoms with Gasteiger partial charge in [-0.15, -0.1) is 0 Å². The van der Waals surface area contributed by atoms with Gasteiger partial charge in [0.25, 0.3) is 5.91 Å². The summed E-state index contributed by atoms with van der Waals surface area (Å²) in [6.45, 7) is 4.18. The number of carbonyl (C=O) groups is 1. The van der Waals surface area contributed by atoms with Crippen LogP contribution in [0.1, 0.15) is 48.5 Å². The summed E-state index contributed by atoms with van der Waals surface area (Å²) in [6.07, 6.45) is 4.70. The summed E-state index contributed by atoms with van der Waals surface area (Å²) in [6, 6.07) is 4.07. The molecule has 0 spiro atoms. The van der Waals surface area contributed by atoms with E-state index in [1.165, 1.54) is 12.8 Å². The van der Waals surface area contributed by atoms with Gasteiger partial charge in [0.1, 0.15) is 0 Å². The van der Waals surface area contributed by atoms with E-state index >= 15 is 0 Å². The van der Waals surface area contributed by atoms with Crippen LogP contribution in [-0.2, 0) is 0 Å². The Balaban J connectivity index is 2.22. The van der Waals surface area contributed by atoms with Crippen molar-refractivity contribution in [3.63, 3.8) is 0 Å². The normalized spacial score (nSPS) is 22.6. The molecule has 1 aromatic carbocycles. The van der Waals surface area contributed by atoms with Crippen LogP contribution in [0.5, 0.6) is 0 Å². The quantitative estimate of drug-likeness (QED) is 0.828. The smallest absolute Gasteiger partial charge is 0.254 e. The predicted molar refractivity (Wildman–Crippen MR) is 86.8 cm³/mol. The predicted octanol–water partition coefficient (Wildman–Crippen LogP) is 3.99. The zero-order valence-corrected chi connectivity index (χ0v) is 14.0. The van der Waals surface area contributed by atoms with Gasteiger partial charge in [-0.25, -0.2) is 0 Å². The van der Waals surface area contributed by atoms with Gasteiger partial charge in [0.05, 0.1) is 0 Å². The Morgan fingerprint density at radius 2 is 2.10 bits per heavy atom. The lowest BCUT2D eigenvalue weighted by Crippen LogP contribution is -2.40. The van der Waals surface area contributed by atoms with Crippen molar-refractivity contribution in [2.24, 2.45) is 5.92 Å². The molecule has 20 heavy (non-hydrogen) atoms. The molecule has 2 unspecified atom stereocenters. The summed E-state index contributed by atoms with van der Waals surface area (Å²) < 4.78 is 0.856. The van der Waals surface area contributed by atoms with E-state index in [1.54, 1.807) is 0 Å². The molecule has 2 atom stereocenters. The van der Waals surface area contributed by atoms with E-state index < -0.39 is 0 Å². The van der Waals surface area contributed by atoms with Gasteiger partial charge < -0.3 is 10.6 Å². The number of nitrogens with zero attached hydrogens (tertiary/aromatic N) is 1. The van der Waals surface area contributed by atoms with Gasteiger partial charge in [0.2, 0.25) is 0 Å². The molecule has 2 rings (SSSR count). The van der Waals surface area contributed by atoms with Gasteiger partial charge >= 0.3 is 0 Å². The highest BCUT2D eigenvalue weighted by atomic mass is 79.9. The molecule has 0 aromatic heterocycles. The highest BCUT2D eigenvalue weighted by Crippen LogP contribution is 2.29. The van der Waals surface area contributed by atoms with Crippen LogP contribution in [0.2, 0.25) is 0 Å². The third-order valence-electron chi connectivity index (χ3n) is 4.42. The fraction of sp³-hybridized carbons (Fsp3) is 0.562. The molecule has 1 aliphatic carbocycles. The Kier molecular flexibility index (Phi) is 4.74. The van der Waals surface area contributed by atoms with Gasteiger partial charge in [0, 0.05) is 28.8 Å². The minimum Gasteiger partial charge on any atom is -0.398 e. The number of rotatable bonds is 2. The lowest BCUT2D eigenvalue weighted by atomic mass is 9.86. The molecule has 0 saturated heterocycles. The molecule has 1 aliphatic rings. The van der Waals surface area contributed by atoms with Gasteiger partial charge in [-0.3, -0.25) is 4.79 Å². The van der Waals surface area contributed by atoms with Crippen molar-refractivity contribution in [1.82, 2.24) is 4.90 Å². The van der Waals surface area contributed by atoms with Crippen LogP contribution in [0.15, 0.2) is 16.6 Å². The third kappa shape index (κ3) is 3.17. The van der Waals surface area contributed by atoms with E-state index in [9.17, 15) is 4.79 Å². The topological polar surface area (TPSA) is 46.3 Å². The maximum atomic E-state index is 12.7. The number of hydrogen-bond acceptors (Lipinski definition) is 2. The minimum atomic E-state index is 0.0783. The van der Waals surface area contributed by atoms with Gasteiger partial charge in [-0.05, 0) is 43.4 Å². The number of amides is 1. The molecule has 0 aliphatic heterocycles. The number of carbonyl (C=O) groups excluding carboxylic acids is 1. The van der Waals surface area contributed by atoms with Crippen LogP contribution in [0.4, 0.5) is 5.69 Å². The van der Waals surface area contributed by atoms with Crippen molar-refractivity contribution in [3.8, 4) is 0 Å². The van der Waals surface area contributed by atoms with Crippen molar-refractivity contribution < 1.29 is 4.79 Å². The van der Waals surface area contributed by atoms with Crippen molar-refractivity contribution in [1.29, 1.82) is 0 Å². The van der Waals surface area contributed by atoms with Crippen molar-refractivity contribution in [2.45, 2.75) is 45.6 Å². The Bertz CT molecular complexity index is 515. The fourth-order valence-electron chi connectivity index (χ4n) is 3.03. The number of hydrogen-bond donors (Lipinski definition) is 1. The fourth-order valence-corrected chi connectivity index (χ4v) is 3.51. The number of nitrogen functional groups attached to an aromatic ring is 1. The second-order valence-corrected chi connectivity index (χ2v) is 6.92. The lowest BCUT2D eigenvalue weighted by molar-refractivity contribution is 0.0671. The number of halogens is 1. The van der Waals surface area contributed by atoms with Gasteiger partial charge in [-0.1, -0.05) is 35.7 Å². The molecule has 0 heterocycles. The largest absolute Gasteiger partial charge is 0.398 e. The summed E-state index contributed by atoms with van der Waals surface area (Å²) in [7, 11) is 1.92. The number of benzene rings is 1. The van der Waals surface area contributed by atoms with E-state index in [1.807, 2.05) is 31.0 Å². The van der Waals surface area contributed by atoms with E-state index in [0.29, 0.717) is 23.2 Å². The molecule has 1 fully saturated rings. The van der Waals surface area contributed by atoms with Crippen LogP contribution in [0.3, 0.4) is 0 Å². The van der Waals surface area contributed by atoms with E-state index in [4.69, 9.17) is 5.73 Å². The zero-order valence-electron chi connectivity index (χ0n) is 12.4. The molecule has 1 aromatic rings. The summed E-state index contributed by atoms with van der Waals surface area (Å²) >= 11 is 3.42. The Morgan fingerprint density at radius 1 is 1.40 bits per heavy atom. The van der Waals surface area contributed by atoms with Crippen LogP contribution in [-0.4, -0.2) is 23.9 Å². The van der Waals surface area contributed by atoms with Crippen molar-refractivity contribution in [3.05, 3.63) is 27.7 Å². The highest BCUT2D eigenvalue weighted by Gasteiger charge is 2.27. The number of nitrogens with two attached hydrogens (primary N) is 1. The van der Waals surface area contributed by atoms with Crippen LogP contribution >= 0.6 is 15.9 Å². The average Bonchev–Trinajstić information content (AvgIpc) is 2.41. The lowest BCUT2D eigenvalue weighted by Gasteiger charge is -2.34. The third-order valence-corrected chi connectivity index (χ3v) is 4.88. The second-order valence-electron chi connectivity index (χ2n) is 6.01. The van der Waals surface area contributed by atoms with E-state index in [0.717, 1.165) is 22.9 Å². The summed E-state index contributed by atoms with van der Waals surface area (Å²) in [5.74, 6) is 0.785. The molecule has 1 amide bonds. The molecular weight excluding hydrogens is 316 g/mol. The average molecular weight is 339 g/mol. The first kappa shape index (κ1) is 15.4. The standard InChI is InChI=1S/C16H23BrN2O/c1-10-5-4-6-13(7-10)19(3)16(20)14-8-12(17)9-15(18)11(14)2/h8-10,13H,4-7,18H2,1-3H3. The molecule has 110 valence electrons. The van der Waals surface area contributed by atoms with Crippen molar-refractivity contribution in [2.75, 3.05) is 12.8 Å². The molecule has 0 radical (unpaired) electrons. The summed E-state index contributed by atoms with van der Waals surface area (Å²) in [5.41, 5.74) is 8.19. The maximum Gasteiger partial charge on any atom is 0.254 e.